The number of unbranched alkanes of at least 4 members (excludes halogenated alkanes) is 1. The lowest BCUT2D eigenvalue weighted by Crippen LogP contribution is -2.47. The van der Waals surface area contributed by atoms with Crippen molar-refractivity contribution < 1.29 is 27.5 Å². The monoisotopic (exact) mass is 511 g/mol. The van der Waals surface area contributed by atoms with Crippen LogP contribution in [0, 0.1) is 11.8 Å². The Labute approximate surface area is 207 Å². The van der Waals surface area contributed by atoms with E-state index < -0.39 is 18.4 Å². The van der Waals surface area contributed by atoms with E-state index in [-0.39, 0.29) is 18.2 Å². The summed E-state index contributed by atoms with van der Waals surface area (Å²) >= 11 is 1.44. The Bertz CT molecular complexity index is 971. The van der Waals surface area contributed by atoms with Crippen molar-refractivity contribution in [1.29, 1.82) is 0 Å². The Kier molecular flexibility index (Phi) is 8.64. The number of carbonyl (C=O) groups is 2. The van der Waals surface area contributed by atoms with Gasteiger partial charge in [-0.15, -0.1) is 24.5 Å². The smallest absolute Gasteiger partial charge is 0.351 e. The minimum Gasteiger partial charge on any atom is -0.351 e. The molecule has 2 atom stereocenters. The Morgan fingerprint density at radius 3 is 2.66 bits per heavy atom. The molecule has 35 heavy (non-hydrogen) atoms. The summed E-state index contributed by atoms with van der Waals surface area (Å²) in [5.74, 6) is -0.438. The number of carbonyl (C=O) groups excluding carboxylic acids is 2. The van der Waals surface area contributed by atoms with E-state index in [1.165, 1.54) is 11.3 Å². The minimum atomic E-state index is -4.71. The van der Waals surface area contributed by atoms with E-state index in [1.807, 2.05) is 12.1 Å². The van der Waals surface area contributed by atoms with Gasteiger partial charge in [0.15, 0.2) is 0 Å². The first-order valence-corrected chi connectivity index (χ1v) is 13.3. The second kappa shape index (κ2) is 11.7. The van der Waals surface area contributed by atoms with Crippen LogP contribution < -0.4 is 5.32 Å². The molecule has 4 rings (SSSR count). The van der Waals surface area contributed by atoms with Crippen LogP contribution in [0.2, 0.25) is 0 Å². The third-order valence-corrected chi connectivity index (χ3v) is 8.19. The second-order valence-electron chi connectivity index (χ2n) is 9.54. The van der Waals surface area contributed by atoms with Crippen molar-refractivity contribution in [3.63, 3.8) is 0 Å². The van der Waals surface area contributed by atoms with E-state index in [0.29, 0.717) is 43.3 Å². The van der Waals surface area contributed by atoms with Crippen LogP contribution in [0.25, 0.3) is 10.1 Å². The Morgan fingerprint density at radius 2 is 1.91 bits per heavy atom. The molecule has 192 valence electrons. The zero-order valence-corrected chi connectivity index (χ0v) is 20.5. The summed E-state index contributed by atoms with van der Waals surface area (Å²) in [5, 5.41) is 4.00. The fourth-order valence-electron chi connectivity index (χ4n) is 5.21. The number of aromatic nitrogens is 1. The van der Waals surface area contributed by atoms with Crippen molar-refractivity contribution in [3.8, 4) is 0 Å². The maximum absolute atomic E-state index is 12.9. The summed E-state index contributed by atoms with van der Waals surface area (Å²) in [6.07, 6.45) is 4.51. The van der Waals surface area contributed by atoms with Gasteiger partial charge in [0.05, 0.1) is 21.6 Å². The van der Waals surface area contributed by atoms with Gasteiger partial charge >= 0.3 is 6.36 Å². The SMILES string of the molecule is O=C(NCCCCC1CCN(C(=O)C2CCCCC2OC(F)(F)F)CC1)c1cc2ccncc2s1. The largest absolute Gasteiger partial charge is 0.522 e. The topological polar surface area (TPSA) is 71.5 Å². The number of nitrogens with one attached hydrogen (secondary N) is 1. The molecule has 1 saturated heterocycles. The first kappa shape index (κ1) is 25.9. The van der Waals surface area contributed by atoms with Gasteiger partial charge in [0.2, 0.25) is 5.91 Å². The molecule has 2 aliphatic rings. The number of halogens is 3. The summed E-state index contributed by atoms with van der Waals surface area (Å²) in [7, 11) is 0. The maximum atomic E-state index is 12.9. The van der Waals surface area contributed by atoms with Crippen LogP contribution in [0.1, 0.15) is 67.5 Å². The molecule has 10 heteroatoms. The third-order valence-electron chi connectivity index (χ3n) is 7.10. The standard InChI is InChI=1S/C25H32F3N3O3S/c26-25(27,28)34-20-7-2-1-6-19(20)24(33)31-13-9-17(10-14-31)5-3-4-11-30-23(32)21-15-18-8-12-29-16-22(18)35-21/h8,12,15-17,19-20H,1-7,9-11,13-14H2,(H,30,32). The number of amides is 2. The Morgan fingerprint density at radius 1 is 1.14 bits per heavy atom. The highest BCUT2D eigenvalue weighted by Crippen LogP contribution is 2.34. The van der Waals surface area contributed by atoms with Gasteiger partial charge in [-0.1, -0.05) is 25.7 Å². The molecule has 1 N–H and O–H groups in total. The van der Waals surface area contributed by atoms with Crippen molar-refractivity contribution in [1.82, 2.24) is 15.2 Å². The number of nitrogens with zero attached hydrogens (tertiary/aromatic N) is 2. The summed E-state index contributed by atoms with van der Waals surface area (Å²) in [4.78, 5) is 31.8. The molecule has 2 unspecified atom stereocenters. The van der Waals surface area contributed by atoms with Gasteiger partial charge in [0.25, 0.3) is 5.91 Å². The van der Waals surface area contributed by atoms with Crippen LogP contribution in [0.3, 0.4) is 0 Å². The summed E-state index contributed by atoms with van der Waals surface area (Å²) < 4.78 is 43.5. The van der Waals surface area contributed by atoms with Crippen molar-refractivity contribution in [2.24, 2.45) is 11.8 Å². The number of rotatable bonds is 8. The molecule has 1 aliphatic carbocycles. The van der Waals surface area contributed by atoms with Gasteiger partial charge in [-0.2, -0.15) is 0 Å². The van der Waals surface area contributed by atoms with Crippen molar-refractivity contribution in [3.05, 3.63) is 29.4 Å². The van der Waals surface area contributed by atoms with Crippen LogP contribution in [-0.4, -0.2) is 53.8 Å². The summed E-state index contributed by atoms with van der Waals surface area (Å²) in [5.41, 5.74) is 0. The van der Waals surface area contributed by atoms with E-state index in [1.54, 1.807) is 17.3 Å². The molecule has 0 spiro atoms. The number of thiophene rings is 1. The molecule has 1 saturated carbocycles. The molecule has 2 aromatic heterocycles. The zero-order chi connectivity index (χ0) is 24.8. The number of pyridine rings is 1. The van der Waals surface area contributed by atoms with E-state index >= 15 is 0 Å². The maximum Gasteiger partial charge on any atom is 0.522 e. The van der Waals surface area contributed by atoms with Crippen molar-refractivity contribution in [2.75, 3.05) is 19.6 Å². The highest BCUT2D eigenvalue weighted by atomic mass is 32.1. The number of likely N-dealkylation sites (tertiary alicyclic amines) is 1. The molecule has 6 nitrogen and oxygen atoms in total. The van der Waals surface area contributed by atoms with Gasteiger partial charge in [-0.3, -0.25) is 19.3 Å². The first-order valence-electron chi connectivity index (χ1n) is 12.5. The number of fused-ring (bicyclic) bond motifs is 1. The van der Waals surface area contributed by atoms with Crippen LogP contribution in [0.4, 0.5) is 13.2 Å². The van der Waals surface area contributed by atoms with Crippen molar-refractivity contribution in [2.45, 2.75) is 70.3 Å². The molecule has 2 aromatic rings. The Balaban J connectivity index is 1.14. The fraction of sp³-hybridized carbons (Fsp3) is 0.640. The van der Waals surface area contributed by atoms with Gasteiger partial charge in [0.1, 0.15) is 0 Å². The predicted molar refractivity (Wildman–Crippen MR) is 128 cm³/mol. The number of hydrogen-bond donors (Lipinski definition) is 1. The molecule has 3 heterocycles. The van der Waals surface area contributed by atoms with Crippen LogP contribution in [-0.2, 0) is 9.53 Å². The number of ether oxygens (including phenoxy) is 1. The lowest BCUT2D eigenvalue weighted by Gasteiger charge is -2.38. The second-order valence-corrected chi connectivity index (χ2v) is 10.6. The summed E-state index contributed by atoms with van der Waals surface area (Å²) in [6, 6.07) is 3.78. The Hall–Kier alpha value is -2.20. The molecule has 2 fully saturated rings. The zero-order valence-electron chi connectivity index (χ0n) is 19.7. The minimum absolute atomic E-state index is 0.0615. The van der Waals surface area contributed by atoms with Crippen LogP contribution in [0.5, 0.6) is 0 Å². The number of alkyl halides is 3. The molecule has 0 bridgehead atoms. The van der Waals surface area contributed by atoms with Crippen LogP contribution >= 0.6 is 11.3 Å². The quantitative estimate of drug-likeness (QED) is 0.473. The molecular formula is C25H32F3N3O3S. The van der Waals surface area contributed by atoms with E-state index in [0.717, 1.165) is 48.6 Å². The molecular weight excluding hydrogens is 479 g/mol. The average molecular weight is 512 g/mol. The molecule has 1 aliphatic heterocycles. The van der Waals surface area contributed by atoms with E-state index in [4.69, 9.17) is 0 Å². The third kappa shape index (κ3) is 7.16. The first-order chi connectivity index (χ1) is 16.8. The fourth-order valence-corrected chi connectivity index (χ4v) is 6.16. The van der Waals surface area contributed by atoms with Gasteiger partial charge in [-0.25, -0.2) is 0 Å². The highest BCUT2D eigenvalue weighted by Gasteiger charge is 2.42. The highest BCUT2D eigenvalue weighted by molar-refractivity contribution is 7.20. The summed E-state index contributed by atoms with van der Waals surface area (Å²) in [6.45, 7) is 1.80. The van der Waals surface area contributed by atoms with E-state index in [9.17, 15) is 22.8 Å². The van der Waals surface area contributed by atoms with E-state index in [2.05, 4.69) is 15.0 Å². The van der Waals surface area contributed by atoms with Crippen LogP contribution in [0.15, 0.2) is 24.5 Å². The van der Waals surface area contributed by atoms with Gasteiger partial charge < -0.3 is 10.2 Å². The normalized spacial score (nSPS) is 21.9. The predicted octanol–water partition coefficient (Wildman–Crippen LogP) is 5.53. The van der Waals surface area contributed by atoms with Gasteiger partial charge in [0, 0.05) is 32.0 Å². The molecule has 2 amide bonds. The van der Waals surface area contributed by atoms with Crippen molar-refractivity contribution >= 4 is 33.2 Å². The number of piperidine rings is 1. The molecule has 0 radical (unpaired) electrons. The van der Waals surface area contributed by atoms with Gasteiger partial charge in [-0.05, 0) is 55.5 Å². The number of hydrogen-bond acceptors (Lipinski definition) is 5. The lowest BCUT2D eigenvalue weighted by molar-refractivity contribution is -0.349. The average Bonchev–Trinajstić information content (AvgIpc) is 3.28. The lowest BCUT2D eigenvalue weighted by atomic mass is 9.84. The molecule has 0 aromatic carbocycles.